The molecular weight excluding hydrogens is 777 g/mol. The van der Waals surface area contributed by atoms with Crippen molar-refractivity contribution < 1.29 is 70.5 Å². The van der Waals surface area contributed by atoms with Gasteiger partial charge in [-0.1, -0.05) is 5.04 Å². The van der Waals surface area contributed by atoms with E-state index in [1.165, 1.54) is 37.4 Å². The van der Waals surface area contributed by atoms with E-state index in [1.807, 2.05) is 0 Å². The SMILES string of the molecule is COc1ccc(S(=O)(=O)CCOS(=O)(=O)O)cc1N=Nc1c(N)c(N=Nc2ccc(S(=O)(=O)CCOSOOO)cc2)cc(S(=O)(=O)O)c1N. The summed E-state index contributed by atoms with van der Waals surface area (Å²) in [4.78, 5) is -1.41. The average molecular weight is 803 g/mol. The zero-order valence-corrected chi connectivity index (χ0v) is 29.2. The molecule has 7 N–H and O–H groups in total. The molecule has 0 aromatic heterocycles. The quantitative estimate of drug-likeness (QED) is 0.0234. The molecule has 3 aromatic carbocycles. The van der Waals surface area contributed by atoms with Crippen molar-refractivity contribution in [3.63, 3.8) is 0 Å². The Morgan fingerprint density at radius 1 is 0.740 bits per heavy atom. The molecule has 0 spiro atoms. The van der Waals surface area contributed by atoms with Crippen molar-refractivity contribution in [2.75, 3.05) is 43.3 Å². The average Bonchev–Trinajstić information content (AvgIpc) is 3.03. The van der Waals surface area contributed by atoms with Crippen molar-refractivity contribution in [1.82, 2.24) is 0 Å². The third-order valence-electron chi connectivity index (χ3n) is 5.96. The van der Waals surface area contributed by atoms with Gasteiger partial charge in [0.25, 0.3) is 10.1 Å². The van der Waals surface area contributed by atoms with Gasteiger partial charge in [0.15, 0.2) is 32.0 Å². The molecule has 3 aromatic rings. The summed E-state index contributed by atoms with van der Waals surface area (Å²) in [6.07, 6.45) is 0. The van der Waals surface area contributed by atoms with Gasteiger partial charge in [0.1, 0.15) is 27.7 Å². The number of nitrogens with zero attached hydrogens (tertiary/aromatic N) is 4. The van der Waals surface area contributed by atoms with Crippen molar-refractivity contribution >= 4 is 86.6 Å². The van der Waals surface area contributed by atoms with E-state index in [2.05, 4.69) is 34.0 Å². The number of methoxy groups -OCH3 is 1. The minimum atomic E-state index is -5.02. The van der Waals surface area contributed by atoms with E-state index in [9.17, 15) is 38.2 Å². The molecule has 50 heavy (non-hydrogen) atoms. The second-order valence-electron chi connectivity index (χ2n) is 9.19. The fourth-order valence-corrected chi connectivity index (χ4v) is 7.19. The summed E-state index contributed by atoms with van der Waals surface area (Å²) < 4.78 is 133. The number of hydrogen-bond acceptors (Lipinski definition) is 21. The van der Waals surface area contributed by atoms with Gasteiger partial charge in [0.05, 0.1) is 58.7 Å². The normalized spacial score (nSPS) is 13.0. The van der Waals surface area contributed by atoms with E-state index < -0.39 is 85.2 Å². The Morgan fingerprint density at radius 2 is 1.34 bits per heavy atom. The number of ether oxygens (including phenoxy) is 1. The first-order chi connectivity index (χ1) is 23.3. The minimum absolute atomic E-state index is 0.0351. The van der Waals surface area contributed by atoms with E-state index in [-0.39, 0.29) is 46.6 Å². The third-order valence-corrected chi connectivity index (χ3v) is 11.1. The molecule has 0 saturated heterocycles. The van der Waals surface area contributed by atoms with E-state index in [4.69, 9.17) is 30.2 Å². The maximum Gasteiger partial charge on any atom is 0.397 e. The largest absolute Gasteiger partial charge is 0.494 e. The first-order valence-electron chi connectivity index (χ1n) is 12.9. The Labute approximate surface area is 288 Å². The molecule has 0 saturated carbocycles. The number of benzene rings is 3. The second kappa shape index (κ2) is 16.9. The molecule has 0 aliphatic carbocycles. The van der Waals surface area contributed by atoms with E-state index >= 15 is 0 Å². The van der Waals surface area contributed by atoms with Gasteiger partial charge in [-0.25, -0.2) is 26.3 Å². The van der Waals surface area contributed by atoms with Crippen molar-refractivity contribution in [3.8, 4) is 5.75 Å². The van der Waals surface area contributed by atoms with Crippen LogP contribution in [0.1, 0.15) is 0 Å². The minimum Gasteiger partial charge on any atom is -0.494 e. The third kappa shape index (κ3) is 11.3. The molecule has 3 rings (SSSR count). The molecule has 27 heteroatoms. The zero-order chi connectivity index (χ0) is 37.3. The number of anilines is 2. The van der Waals surface area contributed by atoms with Crippen LogP contribution in [0.2, 0.25) is 0 Å². The molecule has 0 aliphatic heterocycles. The first kappa shape index (κ1) is 40.6. The Morgan fingerprint density at radius 3 is 1.94 bits per heavy atom. The predicted molar refractivity (Wildman–Crippen MR) is 173 cm³/mol. The highest BCUT2D eigenvalue weighted by atomic mass is 32.3. The lowest BCUT2D eigenvalue weighted by Gasteiger charge is -2.11. The van der Waals surface area contributed by atoms with Crippen LogP contribution in [-0.4, -0.2) is 79.9 Å². The summed E-state index contributed by atoms with van der Waals surface area (Å²) in [6.45, 7) is -1.23. The summed E-state index contributed by atoms with van der Waals surface area (Å²) in [5, 5.41) is 26.8. The highest BCUT2D eigenvalue weighted by Gasteiger charge is 2.23. The maximum atomic E-state index is 12.7. The molecule has 0 radical (unpaired) electrons. The number of azo groups is 2. The van der Waals surface area contributed by atoms with Crippen LogP contribution in [0, 0.1) is 0 Å². The molecule has 0 fully saturated rings. The maximum absolute atomic E-state index is 12.7. The van der Waals surface area contributed by atoms with Crippen molar-refractivity contribution in [1.29, 1.82) is 0 Å². The van der Waals surface area contributed by atoms with Gasteiger partial charge in [-0.2, -0.15) is 21.9 Å². The van der Waals surface area contributed by atoms with Gasteiger partial charge < -0.3 is 16.2 Å². The zero-order valence-electron chi connectivity index (χ0n) is 25.1. The van der Waals surface area contributed by atoms with Crippen LogP contribution in [0.25, 0.3) is 0 Å². The fourth-order valence-electron chi connectivity index (χ4n) is 3.64. The van der Waals surface area contributed by atoms with Crippen molar-refractivity contribution in [3.05, 3.63) is 48.5 Å². The molecule has 274 valence electrons. The Balaban J connectivity index is 1.97. The summed E-state index contributed by atoms with van der Waals surface area (Å²) in [7, 11) is -16.8. The topological polar surface area (TPSA) is 345 Å². The standard InChI is InChI=1S/C23H26N6O16S5/c1-41-19-7-6-16(48(33,34)11-9-43-50(38,39)40)12-17(19)27-29-23-21(24)18(13-20(22(23)25)49(35,36)37)28-26-14-2-4-15(5-3-14)47(31,32)10-8-42-46-45-44-30/h2-7,12-13,30H,8-11,24-25H2,1H3,(H,35,36,37)(H,38,39,40). The number of nitrogen functional groups attached to an aromatic ring is 2. The Hall–Kier alpha value is -3.87. The molecule has 0 aliphatic rings. The van der Waals surface area contributed by atoms with Gasteiger partial charge in [-0.05, 0) is 48.5 Å². The van der Waals surface area contributed by atoms with Crippen molar-refractivity contribution in [2.45, 2.75) is 14.7 Å². The number of hydrogen-bond donors (Lipinski definition) is 5. The fraction of sp³-hybridized carbons (Fsp3) is 0.217. The van der Waals surface area contributed by atoms with E-state index in [0.717, 1.165) is 18.2 Å². The van der Waals surface area contributed by atoms with Gasteiger partial charge in [-0.3, -0.25) is 13.3 Å². The van der Waals surface area contributed by atoms with Crippen LogP contribution in [0.15, 0.2) is 83.7 Å². The molecular formula is C23H26N6O16S5. The van der Waals surface area contributed by atoms with E-state index in [0.29, 0.717) is 0 Å². The highest BCUT2D eigenvalue weighted by molar-refractivity contribution is 7.92. The molecule has 22 nitrogen and oxygen atoms in total. The van der Waals surface area contributed by atoms with Gasteiger partial charge in [0.2, 0.25) is 0 Å². The lowest BCUT2D eigenvalue weighted by Crippen LogP contribution is -2.15. The van der Waals surface area contributed by atoms with Gasteiger partial charge in [-0.15, -0.1) is 19.7 Å². The van der Waals surface area contributed by atoms with Gasteiger partial charge >= 0.3 is 10.4 Å². The molecule has 0 unspecified atom stereocenters. The monoisotopic (exact) mass is 802 g/mol. The van der Waals surface area contributed by atoms with Gasteiger partial charge in [0, 0.05) is 0 Å². The first-order valence-corrected chi connectivity index (χ1v) is 19.7. The molecule has 0 atom stereocenters. The van der Waals surface area contributed by atoms with Crippen LogP contribution in [0.5, 0.6) is 5.75 Å². The highest BCUT2D eigenvalue weighted by Crippen LogP contribution is 2.44. The summed E-state index contributed by atoms with van der Waals surface area (Å²) >= 11 is 0.208. The van der Waals surface area contributed by atoms with Crippen LogP contribution in [0.3, 0.4) is 0 Å². The molecule has 0 bridgehead atoms. The summed E-state index contributed by atoms with van der Waals surface area (Å²) in [6, 6.07) is 8.95. The predicted octanol–water partition coefficient (Wildman–Crippen LogP) is 3.30. The number of rotatable bonds is 18. The summed E-state index contributed by atoms with van der Waals surface area (Å²) in [5.74, 6) is -1.37. The van der Waals surface area contributed by atoms with Crippen LogP contribution < -0.4 is 16.2 Å². The Kier molecular flexibility index (Phi) is 13.7. The summed E-state index contributed by atoms with van der Waals surface area (Å²) in [5.41, 5.74) is 9.90. The van der Waals surface area contributed by atoms with Crippen molar-refractivity contribution in [2.24, 2.45) is 20.5 Å². The number of nitrogens with two attached hydrogens (primary N) is 2. The second-order valence-corrected chi connectivity index (χ2v) is 16.4. The van der Waals surface area contributed by atoms with E-state index in [1.54, 1.807) is 0 Å². The lowest BCUT2D eigenvalue weighted by molar-refractivity contribution is -0.434. The van der Waals surface area contributed by atoms with Crippen LogP contribution in [0.4, 0.5) is 34.1 Å². The molecule has 0 amide bonds. The molecule has 0 heterocycles. The Bertz CT molecular complexity index is 2200. The number of sulfone groups is 2. The van der Waals surface area contributed by atoms with Crippen LogP contribution in [-0.2, 0) is 57.9 Å². The lowest BCUT2D eigenvalue weighted by atomic mass is 10.2. The van der Waals surface area contributed by atoms with Crippen LogP contribution >= 0.6 is 12.3 Å². The smallest absolute Gasteiger partial charge is 0.397 e.